The third kappa shape index (κ3) is 4.58. The summed E-state index contributed by atoms with van der Waals surface area (Å²) in [7, 11) is 0. The summed E-state index contributed by atoms with van der Waals surface area (Å²) in [6.07, 6.45) is -4.35. The summed E-state index contributed by atoms with van der Waals surface area (Å²) in [6.45, 7) is 5.64. The van der Waals surface area contributed by atoms with Gasteiger partial charge in [0, 0.05) is 11.1 Å². The molecule has 0 bridgehead atoms. The third-order valence-corrected chi connectivity index (χ3v) is 3.16. The van der Waals surface area contributed by atoms with E-state index in [2.05, 4.69) is 5.32 Å². The summed E-state index contributed by atoms with van der Waals surface area (Å²) in [5.74, 6) is -0.216. The Morgan fingerprint density at radius 2 is 1.52 bits per heavy atom. The molecule has 0 unspecified atom stereocenters. The lowest BCUT2D eigenvalue weighted by Crippen LogP contribution is -2.40. The van der Waals surface area contributed by atoms with E-state index in [1.165, 1.54) is 12.1 Å². The van der Waals surface area contributed by atoms with Gasteiger partial charge in [-0.05, 0) is 56.2 Å². The lowest BCUT2D eigenvalue weighted by atomic mass is 10.0. The first-order chi connectivity index (χ1) is 10.6. The highest BCUT2D eigenvalue weighted by Gasteiger charge is 2.30. The van der Waals surface area contributed by atoms with Crippen LogP contribution in [0, 0.1) is 0 Å². The zero-order valence-corrected chi connectivity index (χ0v) is 13.2. The molecule has 0 radical (unpaired) electrons. The maximum Gasteiger partial charge on any atom is 0.416 e. The predicted octanol–water partition coefficient (Wildman–Crippen LogP) is 4.90. The fourth-order valence-electron chi connectivity index (χ4n) is 2.10. The van der Waals surface area contributed by atoms with Crippen molar-refractivity contribution in [3.05, 3.63) is 59.7 Å². The maximum absolute atomic E-state index is 12.6. The summed E-state index contributed by atoms with van der Waals surface area (Å²) in [5.41, 5.74) is 0.741. The highest BCUT2D eigenvalue weighted by molar-refractivity contribution is 5.95. The highest BCUT2D eigenvalue weighted by atomic mass is 19.4. The number of hydrogen-bond acceptors (Lipinski definition) is 1. The molecule has 2 nitrogen and oxygen atoms in total. The molecule has 0 aliphatic rings. The fourth-order valence-corrected chi connectivity index (χ4v) is 2.10. The number of halogens is 3. The molecule has 0 spiro atoms. The minimum atomic E-state index is -4.35. The summed E-state index contributed by atoms with van der Waals surface area (Å²) >= 11 is 0. The number of rotatable bonds is 2. The van der Waals surface area contributed by atoms with E-state index in [-0.39, 0.29) is 11.4 Å². The van der Waals surface area contributed by atoms with Crippen molar-refractivity contribution in [1.82, 2.24) is 5.32 Å². The zero-order chi connectivity index (χ0) is 17.3. The third-order valence-electron chi connectivity index (χ3n) is 3.16. The first-order valence-electron chi connectivity index (χ1n) is 7.16. The molecule has 0 atom stereocenters. The van der Waals surface area contributed by atoms with Gasteiger partial charge < -0.3 is 5.32 Å². The van der Waals surface area contributed by atoms with Gasteiger partial charge in [0.05, 0.1) is 5.56 Å². The van der Waals surface area contributed by atoms with Crippen molar-refractivity contribution < 1.29 is 18.0 Å². The van der Waals surface area contributed by atoms with Crippen molar-refractivity contribution >= 4 is 5.91 Å². The van der Waals surface area contributed by atoms with Gasteiger partial charge in [-0.2, -0.15) is 13.2 Å². The molecule has 0 aromatic heterocycles. The van der Waals surface area contributed by atoms with Crippen LogP contribution in [-0.2, 0) is 6.18 Å². The molecule has 1 amide bonds. The van der Waals surface area contributed by atoms with Crippen LogP contribution in [0.1, 0.15) is 36.7 Å². The monoisotopic (exact) mass is 321 g/mol. The Bertz CT molecular complexity index is 697. The predicted molar refractivity (Wildman–Crippen MR) is 84.1 cm³/mol. The van der Waals surface area contributed by atoms with Crippen LogP contribution in [0.4, 0.5) is 13.2 Å². The number of carbonyl (C=O) groups is 1. The fraction of sp³-hybridized carbons (Fsp3) is 0.278. The first-order valence-corrected chi connectivity index (χ1v) is 7.16. The lowest BCUT2D eigenvalue weighted by Gasteiger charge is -2.20. The second-order valence-electron chi connectivity index (χ2n) is 6.36. The minimum Gasteiger partial charge on any atom is -0.347 e. The van der Waals surface area contributed by atoms with Gasteiger partial charge in [-0.3, -0.25) is 4.79 Å². The molecule has 0 fully saturated rings. The Morgan fingerprint density at radius 3 is 2.04 bits per heavy atom. The Hall–Kier alpha value is -2.30. The van der Waals surface area contributed by atoms with Crippen LogP contribution in [0.2, 0.25) is 0 Å². The molecule has 0 aliphatic carbocycles. The molecular weight excluding hydrogens is 303 g/mol. The van der Waals surface area contributed by atoms with E-state index in [1.807, 2.05) is 20.8 Å². The maximum atomic E-state index is 12.6. The van der Waals surface area contributed by atoms with E-state index in [0.717, 1.165) is 12.1 Å². The molecule has 0 saturated carbocycles. The minimum absolute atomic E-state index is 0.216. The van der Waals surface area contributed by atoms with Crippen LogP contribution in [0.25, 0.3) is 11.1 Å². The van der Waals surface area contributed by atoms with Gasteiger partial charge in [0.1, 0.15) is 0 Å². The van der Waals surface area contributed by atoms with Crippen LogP contribution in [0.5, 0.6) is 0 Å². The summed E-state index contributed by atoms with van der Waals surface area (Å²) < 4.78 is 37.8. The van der Waals surface area contributed by atoms with Gasteiger partial charge >= 0.3 is 6.18 Å². The standard InChI is InChI=1S/C18H18F3NO/c1-17(2,3)22-16(23)14-6-4-5-13(11-14)12-7-9-15(10-8-12)18(19,20)21/h4-11H,1-3H3,(H,22,23). The van der Waals surface area contributed by atoms with Crippen molar-refractivity contribution in [1.29, 1.82) is 0 Å². The largest absolute Gasteiger partial charge is 0.416 e. The van der Waals surface area contributed by atoms with E-state index in [9.17, 15) is 18.0 Å². The summed E-state index contributed by atoms with van der Waals surface area (Å²) in [6, 6.07) is 11.7. The zero-order valence-electron chi connectivity index (χ0n) is 13.2. The average molecular weight is 321 g/mol. The Morgan fingerprint density at radius 1 is 0.913 bits per heavy atom. The molecule has 0 saturated heterocycles. The summed E-state index contributed by atoms with van der Waals surface area (Å²) in [5, 5.41) is 2.86. The van der Waals surface area contributed by atoms with Gasteiger partial charge in [0.25, 0.3) is 5.91 Å². The van der Waals surface area contributed by atoms with Crippen molar-refractivity contribution in [2.24, 2.45) is 0 Å². The molecule has 2 aromatic rings. The van der Waals surface area contributed by atoms with E-state index in [0.29, 0.717) is 16.7 Å². The Balaban J connectivity index is 2.28. The number of benzene rings is 2. The van der Waals surface area contributed by atoms with E-state index < -0.39 is 11.7 Å². The molecular formula is C18H18F3NO. The SMILES string of the molecule is CC(C)(C)NC(=O)c1cccc(-c2ccc(C(F)(F)F)cc2)c1. The molecule has 5 heteroatoms. The summed E-state index contributed by atoms with van der Waals surface area (Å²) in [4.78, 5) is 12.2. The van der Waals surface area contributed by atoms with Crippen LogP contribution in [0.15, 0.2) is 48.5 Å². The lowest BCUT2D eigenvalue weighted by molar-refractivity contribution is -0.137. The van der Waals surface area contributed by atoms with Gasteiger partial charge in [-0.25, -0.2) is 0 Å². The van der Waals surface area contributed by atoms with Crippen LogP contribution in [0.3, 0.4) is 0 Å². The molecule has 0 heterocycles. The van der Waals surface area contributed by atoms with Crippen molar-refractivity contribution in [2.75, 3.05) is 0 Å². The Labute approximate surface area is 133 Å². The van der Waals surface area contributed by atoms with Crippen LogP contribution >= 0.6 is 0 Å². The van der Waals surface area contributed by atoms with Gasteiger partial charge in [0.2, 0.25) is 0 Å². The molecule has 122 valence electrons. The number of amides is 1. The topological polar surface area (TPSA) is 29.1 Å². The van der Waals surface area contributed by atoms with Gasteiger partial charge in [-0.15, -0.1) is 0 Å². The second kappa shape index (κ2) is 6.07. The molecule has 2 rings (SSSR count). The quantitative estimate of drug-likeness (QED) is 0.837. The average Bonchev–Trinajstić information content (AvgIpc) is 2.45. The van der Waals surface area contributed by atoms with E-state index in [1.54, 1.807) is 24.3 Å². The number of alkyl halides is 3. The van der Waals surface area contributed by atoms with Crippen molar-refractivity contribution in [2.45, 2.75) is 32.5 Å². The van der Waals surface area contributed by atoms with E-state index >= 15 is 0 Å². The first kappa shape index (κ1) is 17.1. The van der Waals surface area contributed by atoms with Crippen molar-refractivity contribution in [3.63, 3.8) is 0 Å². The van der Waals surface area contributed by atoms with E-state index in [4.69, 9.17) is 0 Å². The van der Waals surface area contributed by atoms with Crippen molar-refractivity contribution in [3.8, 4) is 11.1 Å². The van der Waals surface area contributed by atoms with Gasteiger partial charge in [0.15, 0.2) is 0 Å². The number of nitrogens with one attached hydrogen (secondary N) is 1. The smallest absolute Gasteiger partial charge is 0.347 e. The van der Waals surface area contributed by atoms with Gasteiger partial charge in [-0.1, -0.05) is 24.3 Å². The highest BCUT2D eigenvalue weighted by Crippen LogP contribution is 2.31. The Kier molecular flexibility index (Phi) is 4.50. The second-order valence-corrected chi connectivity index (χ2v) is 6.36. The number of hydrogen-bond donors (Lipinski definition) is 1. The van der Waals surface area contributed by atoms with Crippen LogP contribution in [-0.4, -0.2) is 11.4 Å². The molecule has 0 aliphatic heterocycles. The molecule has 1 N–H and O–H groups in total. The normalized spacial score (nSPS) is 12.1. The van der Waals surface area contributed by atoms with Crippen LogP contribution < -0.4 is 5.32 Å². The molecule has 23 heavy (non-hydrogen) atoms. The molecule has 2 aromatic carbocycles. The number of carbonyl (C=O) groups excluding carboxylic acids is 1.